The van der Waals surface area contributed by atoms with Crippen LogP contribution in [0.2, 0.25) is 0 Å². The molecule has 3 heterocycles. The van der Waals surface area contributed by atoms with Crippen LogP contribution in [0.5, 0.6) is 0 Å². The summed E-state index contributed by atoms with van der Waals surface area (Å²) >= 11 is -5.19. The van der Waals surface area contributed by atoms with Gasteiger partial charge in [-0.1, -0.05) is 0 Å². The normalized spacial score (nSPS) is 44.3. The van der Waals surface area contributed by atoms with Gasteiger partial charge < -0.3 is 0 Å². The zero-order valence-electron chi connectivity index (χ0n) is 7.19. The molecule has 0 atom stereocenters. The Hall–Kier alpha value is 0.303. The molecule has 0 amide bonds. The van der Waals surface area contributed by atoms with Crippen molar-refractivity contribution in [2.45, 2.75) is 0 Å². The minimum atomic E-state index is -5.19. The van der Waals surface area contributed by atoms with Crippen molar-refractivity contribution in [3.63, 3.8) is 0 Å². The number of hydrogen-bond acceptors (Lipinski definition) is 6. The standard InChI is InChI=1S/C6H12GeO6/c1-2-9-7(8-1,10-3-4-11-7)12-5-6-13-7/h1-6H2/q-2. The summed E-state index contributed by atoms with van der Waals surface area (Å²) in [4.78, 5) is 0. The van der Waals surface area contributed by atoms with E-state index in [1.54, 1.807) is 0 Å². The topological polar surface area (TPSA) is 55.4 Å². The minimum absolute atomic E-state index is 0.407. The third-order valence-electron chi connectivity index (χ3n) is 2.63. The fourth-order valence-corrected chi connectivity index (χ4v) is 11.0. The SMILES string of the molecule is C1C[O][Ge-2]23([O]1)([O]CC[O]2)[O]CC[O]3. The van der Waals surface area contributed by atoms with Crippen LogP contribution in [0.3, 0.4) is 0 Å². The Morgan fingerprint density at radius 3 is 0.923 bits per heavy atom. The van der Waals surface area contributed by atoms with E-state index in [1.807, 2.05) is 0 Å². The van der Waals surface area contributed by atoms with E-state index in [1.165, 1.54) is 0 Å². The van der Waals surface area contributed by atoms with E-state index in [4.69, 9.17) is 22.6 Å². The predicted octanol–water partition coefficient (Wildman–Crippen LogP) is -0.536. The summed E-state index contributed by atoms with van der Waals surface area (Å²) in [7, 11) is 0. The van der Waals surface area contributed by atoms with Gasteiger partial charge in [-0.3, -0.25) is 0 Å². The van der Waals surface area contributed by atoms with Gasteiger partial charge in [-0.15, -0.1) is 0 Å². The van der Waals surface area contributed by atoms with Crippen molar-refractivity contribution >= 4 is 13.1 Å². The van der Waals surface area contributed by atoms with E-state index in [0.717, 1.165) is 0 Å². The third kappa shape index (κ3) is 0.845. The summed E-state index contributed by atoms with van der Waals surface area (Å²) in [5.74, 6) is 0. The van der Waals surface area contributed by atoms with Crippen LogP contribution in [0.1, 0.15) is 0 Å². The average Bonchev–Trinajstić information content (AvgIpc) is 2.82. The first-order chi connectivity index (χ1) is 6.23. The summed E-state index contributed by atoms with van der Waals surface area (Å²) in [5.41, 5.74) is 0. The second-order valence-corrected chi connectivity index (χ2v) is 12.2. The van der Waals surface area contributed by atoms with Crippen LogP contribution < -0.4 is 0 Å². The van der Waals surface area contributed by atoms with E-state index in [0.29, 0.717) is 39.6 Å². The Morgan fingerprint density at radius 1 is 0.462 bits per heavy atom. The van der Waals surface area contributed by atoms with Gasteiger partial charge in [0.15, 0.2) is 0 Å². The maximum absolute atomic E-state index is 5.51. The molecule has 0 unspecified atom stereocenters. The predicted molar refractivity (Wildman–Crippen MR) is 41.5 cm³/mol. The molecule has 3 aliphatic heterocycles. The van der Waals surface area contributed by atoms with Gasteiger partial charge in [-0.2, -0.15) is 0 Å². The fraction of sp³-hybridized carbons (Fsp3) is 1.00. The Balaban J connectivity index is 2.13. The molecule has 7 heteroatoms. The van der Waals surface area contributed by atoms with E-state index in [2.05, 4.69) is 0 Å². The molecule has 0 aliphatic carbocycles. The van der Waals surface area contributed by atoms with Gasteiger partial charge in [-0.05, 0) is 0 Å². The van der Waals surface area contributed by atoms with Gasteiger partial charge in [0.05, 0.1) is 0 Å². The first-order valence-corrected chi connectivity index (χ1v) is 9.60. The molecule has 0 N–H and O–H groups in total. The monoisotopic (exact) mass is 254 g/mol. The molecule has 0 aromatic carbocycles. The van der Waals surface area contributed by atoms with Crippen LogP contribution in [0.4, 0.5) is 0 Å². The molecule has 6 nitrogen and oxygen atoms in total. The van der Waals surface area contributed by atoms with Crippen molar-refractivity contribution in [2.24, 2.45) is 0 Å². The third-order valence-corrected chi connectivity index (χ3v) is 12.6. The molecule has 0 aromatic heterocycles. The number of rotatable bonds is 0. The Bertz CT molecular complexity index is 184. The first kappa shape index (κ1) is 8.60. The Kier molecular flexibility index (Phi) is 1.39. The summed E-state index contributed by atoms with van der Waals surface area (Å²) in [6, 6.07) is 0. The molecular weight excluding hydrogens is 241 g/mol. The first-order valence-electron chi connectivity index (χ1n) is 4.46. The van der Waals surface area contributed by atoms with Crippen molar-refractivity contribution in [3.05, 3.63) is 0 Å². The van der Waals surface area contributed by atoms with Gasteiger partial charge in [0.25, 0.3) is 0 Å². The molecule has 0 saturated carbocycles. The quantitative estimate of drug-likeness (QED) is 0.540. The van der Waals surface area contributed by atoms with Gasteiger partial charge >= 0.3 is 75.3 Å². The molecule has 0 bridgehead atoms. The fourth-order valence-electron chi connectivity index (χ4n) is 2.13. The van der Waals surface area contributed by atoms with Crippen LogP contribution in [0, 0.1) is 0 Å². The van der Waals surface area contributed by atoms with E-state index < -0.39 is 13.1 Å². The molecule has 78 valence electrons. The molecule has 1 spiro atoms. The summed E-state index contributed by atoms with van der Waals surface area (Å²) < 4.78 is 33.1. The molecular formula is C6H12GeO6-2. The summed E-state index contributed by atoms with van der Waals surface area (Å²) in [5, 5.41) is 0. The van der Waals surface area contributed by atoms with E-state index in [-0.39, 0.29) is 0 Å². The van der Waals surface area contributed by atoms with E-state index in [9.17, 15) is 0 Å². The van der Waals surface area contributed by atoms with Gasteiger partial charge in [0, 0.05) is 0 Å². The van der Waals surface area contributed by atoms with Crippen LogP contribution >= 0.6 is 0 Å². The second-order valence-electron chi connectivity index (χ2n) is 3.34. The molecule has 3 rings (SSSR count). The molecule has 3 aliphatic rings. The maximum atomic E-state index is 5.51. The van der Waals surface area contributed by atoms with Gasteiger partial charge in [0.1, 0.15) is 0 Å². The van der Waals surface area contributed by atoms with Crippen LogP contribution in [-0.2, 0) is 22.6 Å². The molecule has 3 fully saturated rings. The van der Waals surface area contributed by atoms with Crippen molar-refractivity contribution < 1.29 is 22.6 Å². The van der Waals surface area contributed by atoms with Crippen molar-refractivity contribution in [1.82, 2.24) is 0 Å². The summed E-state index contributed by atoms with van der Waals surface area (Å²) in [6.45, 7) is 2.44. The summed E-state index contributed by atoms with van der Waals surface area (Å²) in [6.07, 6.45) is 0. The van der Waals surface area contributed by atoms with Crippen LogP contribution in [0.15, 0.2) is 0 Å². The van der Waals surface area contributed by atoms with E-state index >= 15 is 0 Å². The molecule has 3 saturated heterocycles. The molecule has 13 heavy (non-hydrogen) atoms. The molecule has 0 radical (unpaired) electrons. The van der Waals surface area contributed by atoms with Gasteiger partial charge in [-0.25, -0.2) is 0 Å². The Morgan fingerprint density at radius 2 is 0.692 bits per heavy atom. The van der Waals surface area contributed by atoms with Crippen LogP contribution in [-0.4, -0.2) is 52.8 Å². The zero-order chi connectivity index (χ0) is 8.89. The zero-order valence-corrected chi connectivity index (χ0v) is 9.29. The second kappa shape index (κ2) is 2.11. The van der Waals surface area contributed by atoms with Crippen molar-refractivity contribution in [2.75, 3.05) is 39.6 Å². The Labute approximate surface area is 75.9 Å². The van der Waals surface area contributed by atoms with Crippen LogP contribution in [0.25, 0.3) is 0 Å². The number of hydrogen-bond donors (Lipinski definition) is 0. The molecule has 0 aromatic rings. The van der Waals surface area contributed by atoms with Crippen molar-refractivity contribution in [3.8, 4) is 0 Å². The van der Waals surface area contributed by atoms with Gasteiger partial charge in [0.2, 0.25) is 0 Å². The average molecular weight is 253 g/mol. The van der Waals surface area contributed by atoms with Crippen molar-refractivity contribution in [1.29, 1.82) is 0 Å².